The summed E-state index contributed by atoms with van der Waals surface area (Å²) in [7, 11) is 2.64. The molecule has 22 heavy (non-hydrogen) atoms. The van der Waals surface area contributed by atoms with E-state index in [4.69, 9.17) is 14.2 Å². The molecule has 3 aliphatic rings. The summed E-state index contributed by atoms with van der Waals surface area (Å²) in [5.74, 6) is -2.09. The van der Waals surface area contributed by atoms with Crippen LogP contribution < -0.4 is 0 Å². The van der Waals surface area contributed by atoms with Crippen LogP contribution in [-0.4, -0.2) is 61.8 Å². The quantitative estimate of drug-likeness (QED) is 0.688. The van der Waals surface area contributed by atoms with E-state index < -0.39 is 29.8 Å². The molecule has 5 atom stereocenters. The average molecular weight is 311 g/mol. The number of fused-ring (bicyclic) bond motifs is 2. The normalized spacial score (nSPS) is 36.5. The highest BCUT2D eigenvalue weighted by Crippen LogP contribution is 2.45. The van der Waals surface area contributed by atoms with Gasteiger partial charge in [-0.1, -0.05) is 0 Å². The molecule has 7 heteroatoms. The van der Waals surface area contributed by atoms with Crippen LogP contribution in [0.15, 0.2) is 0 Å². The Morgan fingerprint density at radius 3 is 2.23 bits per heavy atom. The molecule has 0 aliphatic carbocycles. The van der Waals surface area contributed by atoms with E-state index in [1.54, 1.807) is 4.90 Å². The monoisotopic (exact) mass is 311 g/mol. The Bertz CT molecular complexity index is 492. The Labute approximate surface area is 128 Å². The Hall–Kier alpha value is -1.63. The summed E-state index contributed by atoms with van der Waals surface area (Å²) in [6.07, 6.45) is 2.41. The number of carbonyl (C=O) groups excluding carboxylic acids is 3. The second-order valence-electron chi connectivity index (χ2n) is 6.08. The zero-order chi connectivity index (χ0) is 15.9. The predicted molar refractivity (Wildman–Crippen MR) is 73.6 cm³/mol. The minimum Gasteiger partial charge on any atom is -0.469 e. The maximum Gasteiger partial charge on any atom is 0.328 e. The number of hydrogen-bond donors (Lipinski definition) is 0. The summed E-state index contributed by atoms with van der Waals surface area (Å²) < 4.78 is 15.4. The summed E-state index contributed by atoms with van der Waals surface area (Å²) in [6, 6.07) is -0.546. The molecule has 3 fully saturated rings. The Morgan fingerprint density at radius 2 is 1.59 bits per heavy atom. The molecule has 0 unspecified atom stereocenters. The van der Waals surface area contributed by atoms with Crippen LogP contribution in [0, 0.1) is 11.8 Å². The van der Waals surface area contributed by atoms with Crippen LogP contribution in [0.1, 0.15) is 25.7 Å². The van der Waals surface area contributed by atoms with Crippen LogP contribution in [0.25, 0.3) is 0 Å². The van der Waals surface area contributed by atoms with Crippen molar-refractivity contribution in [1.29, 1.82) is 0 Å². The minimum atomic E-state index is -0.560. The van der Waals surface area contributed by atoms with Crippen molar-refractivity contribution in [2.24, 2.45) is 11.8 Å². The first kappa shape index (κ1) is 15.3. The lowest BCUT2D eigenvalue weighted by Crippen LogP contribution is -2.49. The molecular formula is C15H21NO6. The topological polar surface area (TPSA) is 82.1 Å². The molecular weight excluding hydrogens is 290 g/mol. The molecule has 3 heterocycles. The van der Waals surface area contributed by atoms with Gasteiger partial charge in [-0.3, -0.25) is 9.59 Å². The molecule has 0 aromatic carbocycles. The highest BCUT2D eigenvalue weighted by molar-refractivity contribution is 5.90. The van der Waals surface area contributed by atoms with Gasteiger partial charge in [0.2, 0.25) is 5.91 Å². The summed E-state index contributed by atoms with van der Waals surface area (Å²) >= 11 is 0. The third-order valence-corrected chi connectivity index (χ3v) is 5.04. The van der Waals surface area contributed by atoms with Crippen molar-refractivity contribution >= 4 is 17.8 Å². The lowest BCUT2D eigenvalue weighted by molar-refractivity contribution is -0.157. The third-order valence-electron chi connectivity index (χ3n) is 5.04. The van der Waals surface area contributed by atoms with Crippen molar-refractivity contribution in [2.45, 2.75) is 43.9 Å². The Morgan fingerprint density at radius 1 is 0.955 bits per heavy atom. The second-order valence-corrected chi connectivity index (χ2v) is 6.08. The van der Waals surface area contributed by atoms with Crippen LogP contribution in [0.4, 0.5) is 0 Å². The van der Waals surface area contributed by atoms with Crippen LogP contribution in [0.2, 0.25) is 0 Å². The number of rotatable bonds is 3. The SMILES string of the molecule is COC(=O)[C@@H]1[C@H](C(=O)N2CCC[C@H]2C(=O)OC)[C@H]2CC[C@@H]1O2. The van der Waals surface area contributed by atoms with E-state index in [-0.39, 0.29) is 18.1 Å². The van der Waals surface area contributed by atoms with Gasteiger partial charge in [0.05, 0.1) is 38.3 Å². The lowest BCUT2D eigenvalue weighted by Gasteiger charge is -2.31. The van der Waals surface area contributed by atoms with E-state index in [1.165, 1.54) is 14.2 Å². The fourth-order valence-electron chi connectivity index (χ4n) is 4.03. The van der Waals surface area contributed by atoms with E-state index in [0.717, 1.165) is 19.3 Å². The highest BCUT2D eigenvalue weighted by atomic mass is 16.5. The van der Waals surface area contributed by atoms with Crippen molar-refractivity contribution in [2.75, 3.05) is 20.8 Å². The smallest absolute Gasteiger partial charge is 0.328 e. The summed E-state index contributed by atoms with van der Waals surface area (Å²) in [4.78, 5) is 38.4. The molecule has 122 valence electrons. The van der Waals surface area contributed by atoms with Crippen molar-refractivity contribution in [3.8, 4) is 0 Å². The Kier molecular flexibility index (Phi) is 4.08. The van der Waals surface area contributed by atoms with Gasteiger partial charge in [0.15, 0.2) is 0 Å². The predicted octanol–water partition coefficient (Wildman–Crippen LogP) is 0.117. The summed E-state index contributed by atoms with van der Waals surface area (Å²) in [6.45, 7) is 0.514. The molecule has 3 saturated heterocycles. The van der Waals surface area contributed by atoms with Crippen molar-refractivity contribution < 1.29 is 28.6 Å². The van der Waals surface area contributed by atoms with Gasteiger partial charge in [0.25, 0.3) is 0 Å². The molecule has 0 spiro atoms. The Balaban J connectivity index is 1.81. The fourth-order valence-corrected chi connectivity index (χ4v) is 4.03. The number of esters is 2. The third kappa shape index (κ3) is 2.27. The van der Waals surface area contributed by atoms with Crippen molar-refractivity contribution in [1.82, 2.24) is 4.90 Å². The molecule has 0 saturated carbocycles. The van der Waals surface area contributed by atoms with Gasteiger partial charge < -0.3 is 19.1 Å². The first-order valence-corrected chi connectivity index (χ1v) is 7.70. The van der Waals surface area contributed by atoms with Crippen LogP contribution >= 0.6 is 0 Å². The number of carbonyl (C=O) groups is 3. The zero-order valence-electron chi connectivity index (χ0n) is 12.8. The lowest BCUT2D eigenvalue weighted by atomic mass is 9.78. The largest absolute Gasteiger partial charge is 0.469 e. The molecule has 3 rings (SSSR count). The fraction of sp³-hybridized carbons (Fsp3) is 0.800. The number of hydrogen-bond acceptors (Lipinski definition) is 6. The average Bonchev–Trinajstić information content (AvgIpc) is 3.26. The van der Waals surface area contributed by atoms with E-state index >= 15 is 0 Å². The number of nitrogens with zero attached hydrogens (tertiary/aromatic N) is 1. The number of likely N-dealkylation sites (tertiary alicyclic amines) is 1. The van der Waals surface area contributed by atoms with E-state index in [1.807, 2.05) is 0 Å². The molecule has 0 aromatic rings. The number of amides is 1. The first-order chi connectivity index (χ1) is 10.6. The van der Waals surface area contributed by atoms with Gasteiger partial charge in [-0.05, 0) is 25.7 Å². The molecule has 7 nitrogen and oxygen atoms in total. The van der Waals surface area contributed by atoms with Gasteiger partial charge in [-0.2, -0.15) is 0 Å². The molecule has 0 radical (unpaired) electrons. The molecule has 0 N–H and O–H groups in total. The van der Waals surface area contributed by atoms with Gasteiger partial charge in [0.1, 0.15) is 6.04 Å². The summed E-state index contributed by atoms with van der Waals surface area (Å²) in [5.41, 5.74) is 0. The molecule has 0 aromatic heterocycles. The van der Waals surface area contributed by atoms with Gasteiger partial charge in [0, 0.05) is 6.54 Å². The van der Waals surface area contributed by atoms with Gasteiger partial charge in [-0.25, -0.2) is 4.79 Å². The van der Waals surface area contributed by atoms with E-state index in [9.17, 15) is 14.4 Å². The van der Waals surface area contributed by atoms with Crippen LogP contribution in [0.3, 0.4) is 0 Å². The summed E-state index contributed by atoms with van der Waals surface area (Å²) in [5, 5.41) is 0. The molecule has 2 bridgehead atoms. The van der Waals surface area contributed by atoms with Gasteiger partial charge in [-0.15, -0.1) is 0 Å². The maximum atomic E-state index is 12.9. The standard InChI is InChI=1S/C15H21NO6/c1-20-14(18)8-4-3-7-16(8)13(17)11-9-5-6-10(22-9)12(11)15(19)21-2/h8-12H,3-7H2,1-2H3/t8-,9+,10-,11+,12-/m0/s1. The second kappa shape index (κ2) is 5.87. The number of ether oxygens (including phenoxy) is 3. The number of methoxy groups -OCH3 is 2. The van der Waals surface area contributed by atoms with E-state index in [2.05, 4.69) is 0 Å². The van der Waals surface area contributed by atoms with E-state index in [0.29, 0.717) is 13.0 Å². The van der Waals surface area contributed by atoms with Gasteiger partial charge >= 0.3 is 11.9 Å². The molecule has 1 amide bonds. The maximum absolute atomic E-state index is 12.9. The van der Waals surface area contributed by atoms with Crippen molar-refractivity contribution in [3.05, 3.63) is 0 Å². The zero-order valence-corrected chi connectivity index (χ0v) is 12.8. The van der Waals surface area contributed by atoms with Crippen LogP contribution in [-0.2, 0) is 28.6 Å². The minimum absolute atomic E-state index is 0.185. The first-order valence-electron chi connectivity index (χ1n) is 7.70. The molecule has 3 aliphatic heterocycles. The van der Waals surface area contributed by atoms with Crippen molar-refractivity contribution in [3.63, 3.8) is 0 Å². The van der Waals surface area contributed by atoms with Crippen LogP contribution in [0.5, 0.6) is 0 Å². The highest BCUT2D eigenvalue weighted by Gasteiger charge is 2.57.